The SMILES string of the molecule is CCC(C)(CC)c1ccc(S(=O)(=O)c2ccc(OC3=CCC(S(=O)(=O)c4ccc(O)cc4)C=C3)cc2)cc1. The van der Waals surface area contributed by atoms with E-state index in [1.54, 1.807) is 42.5 Å². The van der Waals surface area contributed by atoms with E-state index in [0.717, 1.165) is 18.4 Å². The lowest BCUT2D eigenvalue weighted by Crippen LogP contribution is -2.21. The molecule has 0 spiro atoms. The second-order valence-corrected chi connectivity index (χ2v) is 13.8. The largest absolute Gasteiger partial charge is 0.508 e. The van der Waals surface area contributed by atoms with Gasteiger partial charge < -0.3 is 9.84 Å². The maximum Gasteiger partial charge on any atom is 0.206 e. The van der Waals surface area contributed by atoms with Gasteiger partial charge in [-0.3, -0.25) is 0 Å². The first-order chi connectivity index (χ1) is 18.0. The van der Waals surface area contributed by atoms with E-state index in [4.69, 9.17) is 4.74 Å². The summed E-state index contributed by atoms with van der Waals surface area (Å²) in [5.41, 5.74) is 1.14. The molecule has 1 aliphatic rings. The highest BCUT2D eigenvalue weighted by Gasteiger charge is 2.27. The second kappa shape index (κ2) is 10.8. The Kier molecular flexibility index (Phi) is 7.85. The Balaban J connectivity index is 1.43. The molecular weight excluding hydrogens is 520 g/mol. The van der Waals surface area contributed by atoms with Gasteiger partial charge in [0.1, 0.15) is 17.3 Å². The number of phenolic OH excluding ortho intramolecular Hbond substituents is 1. The Hall–Kier alpha value is -3.36. The number of phenols is 1. The normalized spacial score (nSPS) is 16.2. The van der Waals surface area contributed by atoms with E-state index in [1.807, 2.05) is 12.1 Å². The van der Waals surface area contributed by atoms with Gasteiger partial charge in [0.05, 0.1) is 19.9 Å². The number of rotatable bonds is 9. The number of benzene rings is 3. The molecule has 0 amide bonds. The molecule has 1 aliphatic carbocycles. The van der Waals surface area contributed by atoms with Gasteiger partial charge in [-0.2, -0.15) is 0 Å². The predicted octanol–water partition coefficient (Wildman–Crippen LogP) is 6.37. The number of allylic oxidation sites excluding steroid dienone is 2. The molecule has 1 atom stereocenters. The molecule has 6 nitrogen and oxygen atoms in total. The highest BCUT2D eigenvalue weighted by Crippen LogP contribution is 2.33. The van der Waals surface area contributed by atoms with Crippen LogP contribution >= 0.6 is 0 Å². The molecule has 0 fully saturated rings. The Labute approximate surface area is 225 Å². The first-order valence-electron chi connectivity index (χ1n) is 12.5. The van der Waals surface area contributed by atoms with E-state index in [-0.39, 0.29) is 32.3 Å². The zero-order valence-corrected chi connectivity index (χ0v) is 23.3. The van der Waals surface area contributed by atoms with Crippen LogP contribution in [0.3, 0.4) is 0 Å². The van der Waals surface area contributed by atoms with Crippen LogP contribution in [0.4, 0.5) is 0 Å². The summed E-state index contributed by atoms with van der Waals surface area (Å²) in [4.78, 5) is 0.543. The number of sulfone groups is 2. The van der Waals surface area contributed by atoms with Crippen LogP contribution in [0.1, 0.15) is 45.6 Å². The van der Waals surface area contributed by atoms with Gasteiger partial charge in [-0.25, -0.2) is 16.8 Å². The van der Waals surface area contributed by atoms with Crippen LogP contribution < -0.4 is 4.74 Å². The summed E-state index contributed by atoms with van der Waals surface area (Å²) >= 11 is 0. The molecule has 1 N–H and O–H groups in total. The molecule has 3 aromatic carbocycles. The zero-order valence-electron chi connectivity index (χ0n) is 21.7. The van der Waals surface area contributed by atoms with Crippen LogP contribution in [0.5, 0.6) is 11.5 Å². The fourth-order valence-corrected chi connectivity index (χ4v) is 7.11. The van der Waals surface area contributed by atoms with Crippen LogP contribution in [0.25, 0.3) is 0 Å². The highest BCUT2D eigenvalue weighted by atomic mass is 32.2. The summed E-state index contributed by atoms with van der Waals surface area (Å²) < 4.78 is 57.9. The summed E-state index contributed by atoms with van der Waals surface area (Å²) in [6, 6.07) is 18.8. The molecule has 1 unspecified atom stereocenters. The van der Waals surface area contributed by atoms with Crippen molar-refractivity contribution >= 4 is 19.7 Å². The van der Waals surface area contributed by atoms with Crippen molar-refractivity contribution in [1.82, 2.24) is 0 Å². The van der Waals surface area contributed by atoms with Crippen molar-refractivity contribution in [2.75, 3.05) is 0 Å². The summed E-state index contributed by atoms with van der Waals surface area (Å²) in [7, 11) is -7.29. The maximum absolute atomic E-state index is 13.2. The minimum absolute atomic E-state index is 0.00180. The number of aromatic hydroxyl groups is 1. The number of hydrogen-bond acceptors (Lipinski definition) is 6. The quantitative estimate of drug-likeness (QED) is 0.331. The fraction of sp³-hybridized carbons (Fsp3) is 0.267. The van der Waals surface area contributed by atoms with E-state index in [0.29, 0.717) is 11.5 Å². The van der Waals surface area contributed by atoms with Crippen molar-refractivity contribution in [2.45, 2.75) is 65.4 Å². The van der Waals surface area contributed by atoms with Crippen molar-refractivity contribution in [2.24, 2.45) is 0 Å². The third kappa shape index (κ3) is 5.56. The van der Waals surface area contributed by atoms with Crippen molar-refractivity contribution in [3.63, 3.8) is 0 Å². The fourth-order valence-electron chi connectivity index (χ4n) is 4.35. The molecular formula is C30H32O6S2. The van der Waals surface area contributed by atoms with Crippen LogP contribution in [0, 0.1) is 0 Å². The average molecular weight is 553 g/mol. The van der Waals surface area contributed by atoms with E-state index < -0.39 is 24.9 Å². The molecule has 0 radical (unpaired) electrons. The van der Waals surface area contributed by atoms with Crippen LogP contribution in [0.15, 0.2) is 111 Å². The van der Waals surface area contributed by atoms with Gasteiger partial charge in [0, 0.05) is 0 Å². The van der Waals surface area contributed by atoms with Crippen LogP contribution in [-0.2, 0) is 25.1 Å². The smallest absolute Gasteiger partial charge is 0.206 e. The molecule has 0 bridgehead atoms. The third-order valence-corrected chi connectivity index (χ3v) is 11.2. The van der Waals surface area contributed by atoms with Gasteiger partial charge in [0.2, 0.25) is 9.84 Å². The monoisotopic (exact) mass is 552 g/mol. The van der Waals surface area contributed by atoms with Crippen LogP contribution in [0.2, 0.25) is 0 Å². The Morgan fingerprint density at radius 1 is 0.816 bits per heavy atom. The van der Waals surface area contributed by atoms with Crippen molar-refractivity contribution < 1.29 is 26.7 Å². The van der Waals surface area contributed by atoms with E-state index in [2.05, 4.69) is 20.8 Å². The molecule has 8 heteroatoms. The molecule has 0 saturated heterocycles. The van der Waals surface area contributed by atoms with Gasteiger partial charge in [-0.15, -0.1) is 0 Å². The van der Waals surface area contributed by atoms with Gasteiger partial charge in [0.25, 0.3) is 0 Å². The summed E-state index contributed by atoms with van der Waals surface area (Å²) in [6.45, 7) is 6.45. The summed E-state index contributed by atoms with van der Waals surface area (Å²) in [5, 5.41) is 8.67. The first kappa shape index (κ1) is 27.7. The minimum Gasteiger partial charge on any atom is -0.508 e. The lowest BCUT2D eigenvalue weighted by atomic mass is 9.78. The minimum atomic E-state index is -3.68. The van der Waals surface area contributed by atoms with E-state index in [9.17, 15) is 21.9 Å². The molecule has 0 heterocycles. The van der Waals surface area contributed by atoms with E-state index in [1.165, 1.54) is 36.4 Å². The lowest BCUT2D eigenvalue weighted by Gasteiger charge is -2.27. The van der Waals surface area contributed by atoms with Gasteiger partial charge >= 0.3 is 0 Å². The van der Waals surface area contributed by atoms with Gasteiger partial charge in [-0.05, 0) is 103 Å². The molecule has 200 valence electrons. The average Bonchev–Trinajstić information content (AvgIpc) is 2.93. The molecule has 0 saturated carbocycles. The highest BCUT2D eigenvalue weighted by molar-refractivity contribution is 7.92. The lowest BCUT2D eigenvalue weighted by molar-refractivity contribution is 0.438. The maximum atomic E-state index is 13.2. The second-order valence-electron chi connectivity index (χ2n) is 9.65. The molecule has 3 aromatic rings. The van der Waals surface area contributed by atoms with Crippen LogP contribution in [-0.4, -0.2) is 27.2 Å². The molecule has 0 aliphatic heterocycles. The Morgan fingerprint density at radius 2 is 1.34 bits per heavy atom. The van der Waals surface area contributed by atoms with Crippen molar-refractivity contribution in [3.8, 4) is 11.5 Å². The van der Waals surface area contributed by atoms with Crippen molar-refractivity contribution in [3.05, 3.63) is 102 Å². The zero-order chi connectivity index (χ0) is 27.6. The summed E-state index contributed by atoms with van der Waals surface area (Å²) in [5.74, 6) is 0.918. The number of ether oxygens (including phenoxy) is 1. The van der Waals surface area contributed by atoms with E-state index >= 15 is 0 Å². The topological polar surface area (TPSA) is 97.7 Å². The number of hydrogen-bond donors (Lipinski definition) is 1. The standard InChI is InChI=1S/C30H32O6S2/c1-4-30(3,5-2)22-6-14-26(15-7-22)37(32,33)28-18-10-24(11-19-28)36-25-12-20-29(21-13-25)38(34,35)27-16-8-23(31)9-17-27/h6-20,29,31H,4-5,21H2,1-3H3. The predicted molar refractivity (Wildman–Crippen MR) is 148 cm³/mol. The van der Waals surface area contributed by atoms with Crippen molar-refractivity contribution in [1.29, 1.82) is 0 Å². The first-order valence-corrected chi connectivity index (χ1v) is 15.6. The molecule has 38 heavy (non-hydrogen) atoms. The summed E-state index contributed by atoms with van der Waals surface area (Å²) in [6.07, 6.45) is 7.03. The molecule has 0 aromatic heterocycles. The Morgan fingerprint density at radius 3 is 1.84 bits per heavy atom. The van der Waals surface area contributed by atoms with Gasteiger partial charge in [0.15, 0.2) is 9.84 Å². The third-order valence-electron chi connectivity index (χ3n) is 7.38. The molecule has 4 rings (SSSR count). The van der Waals surface area contributed by atoms with Gasteiger partial charge in [-0.1, -0.05) is 39.0 Å². The Bertz CT molecular complexity index is 1550.